The molecule has 9 rings (SSSR count). The predicted octanol–water partition coefficient (Wildman–Crippen LogP) is 7.24. The van der Waals surface area contributed by atoms with E-state index in [9.17, 15) is 0 Å². The van der Waals surface area contributed by atoms with Gasteiger partial charge in [-0.2, -0.15) is 0 Å². The molecule has 0 amide bonds. The molecule has 0 aromatic heterocycles. The molecule has 0 atom stereocenters. The van der Waals surface area contributed by atoms with Crippen LogP contribution in [0.2, 0.25) is 0 Å². The van der Waals surface area contributed by atoms with E-state index >= 15 is 0 Å². The van der Waals surface area contributed by atoms with E-state index in [1.807, 2.05) is 0 Å². The van der Waals surface area contributed by atoms with Gasteiger partial charge >= 0.3 is 0 Å². The molecule has 1 nitrogen and oxygen atoms in total. The van der Waals surface area contributed by atoms with Crippen LogP contribution < -0.4 is 41.6 Å². The van der Waals surface area contributed by atoms with Gasteiger partial charge in [0.05, 0.1) is 11.4 Å². The van der Waals surface area contributed by atoms with Crippen molar-refractivity contribution in [3.63, 3.8) is 0 Å². The first-order valence-corrected chi connectivity index (χ1v) is 20.1. The van der Waals surface area contributed by atoms with Gasteiger partial charge in [-0.1, -0.05) is 172 Å². The maximum Gasteiger partial charge on any atom is 0.180 e. The molecule has 3 heteroatoms. The Bertz CT molecular complexity index is 2140. The SMILES string of the molecule is CC1(C)c2ccccc2N(c2ccc(P3c4ccccc4[Si](c4ccccc4)(c4ccccc4)c4ccccc43)cc2)c2ccccc21. The molecule has 0 unspecified atom stereocenters. The first-order chi connectivity index (χ1) is 23.6. The number of benzene rings is 7. The molecule has 2 aliphatic heterocycles. The highest BCUT2D eigenvalue weighted by atomic mass is 31.1. The normalized spacial score (nSPS) is 15.5. The van der Waals surface area contributed by atoms with Gasteiger partial charge in [-0.25, -0.2) is 0 Å². The fourth-order valence-corrected chi connectivity index (χ4v) is 17.3. The molecule has 230 valence electrons. The van der Waals surface area contributed by atoms with Crippen LogP contribution in [-0.4, -0.2) is 8.07 Å². The lowest BCUT2D eigenvalue weighted by Crippen LogP contribution is -2.81. The van der Waals surface area contributed by atoms with Crippen molar-refractivity contribution < 1.29 is 0 Å². The van der Waals surface area contributed by atoms with Gasteiger partial charge in [0.25, 0.3) is 0 Å². The molecule has 0 radical (unpaired) electrons. The van der Waals surface area contributed by atoms with E-state index in [2.05, 4.69) is 201 Å². The molecule has 0 saturated heterocycles. The van der Waals surface area contributed by atoms with Crippen molar-refractivity contribution >= 4 is 69.7 Å². The van der Waals surface area contributed by atoms with Gasteiger partial charge in [-0.15, -0.1) is 0 Å². The highest BCUT2D eigenvalue weighted by molar-refractivity contribution is 7.81. The monoisotopic (exact) mass is 649 g/mol. The van der Waals surface area contributed by atoms with E-state index in [1.54, 1.807) is 0 Å². The van der Waals surface area contributed by atoms with Crippen molar-refractivity contribution in [3.05, 3.63) is 193 Å². The van der Waals surface area contributed by atoms with Crippen LogP contribution in [-0.2, 0) is 5.41 Å². The van der Waals surface area contributed by atoms with Gasteiger partial charge in [0, 0.05) is 11.1 Å². The van der Waals surface area contributed by atoms with Crippen LogP contribution in [0.4, 0.5) is 17.1 Å². The average Bonchev–Trinajstić information content (AvgIpc) is 3.15. The number of anilines is 3. The molecule has 7 aromatic carbocycles. The Kier molecular flexibility index (Phi) is 6.87. The molecule has 0 saturated carbocycles. The summed E-state index contributed by atoms with van der Waals surface area (Å²) >= 11 is 0. The zero-order valence-electron chi connectivity index (χ0n) is 27.2. The summed E-state index contributed by atoms with van der Waals surface area (Å²) in [4.78, 5) is 2.46. The zero-order valence-corrected chi connectivity index (χ0v) is 29.1. The molecule has 2 aliphatic rings. The number of hydrogen-bond acceptors (Lipinski definition) is 1. The summed E-state index contributed by atoms with van der Waals surface area (Å²) < 4.78 is 0. The quantitative estimate of drug-likeness (QED) is 0.144. The second kappa shape index (κ2) is 11.3. The number of nitrogens with zero attached hydrogens (tertiary/aromatic N) is 1. The minimum Gasteiger partial charge on any atom is -0.310 e. The summed E-state index contributed by atoms with van der Waals surface area (Å²) in [5.41, 5.74) is 6.35. The second-order valence-corrected chi connectivity index (χ2v) is 19.2. The molecule has 0 fully saturated rings. The summed E-state index contributed by atoms with van der Waals surface area (Å²) in [6.07, 6.45) is 0. The standard InChI is InChI=1S/C45H36NPSi/c1-45(2)37-21-9-11-23-39(37)46(40-24-12-10-22-38(40)45)33-29-31-34(32-30-33)47-41-25-13-15-27-43(41)48(35-17-5-3-6-18-35,36-19-7-4-8-20-36)44-28-16-14-26-42(44)47/h3-32H,1-2H3. The van der Waals surface area contributed by atoms with Crippen LogP contribution in [0.25, 0.3) is 0 Å². The van der Waals surface area contributed by atoms with Crippen molar-refractivity contribution in [2.24, 2.45) is 0 Å². The molecule has 2 heterocycles. The smallest absolute Gasteiger partial charge is 0.180 e. The molecule has 0 spiro atoms. The Morgan fingerprint density at radius 3 is 1.35 bits per heavy atom. The topological polar surface area (TPSA) is 3.24 Å². The predicted molar refractivity (Wildman–Crippen MR) is 209 cm³/mol. The Morgan fingerprint density at radius 1 is 0.438 bits per heavy atom. The second-order valence-electron chi connectivity index (χ2n) is 13.4. The van der Waals surface area contributed by atoms with Crippen LogP contribution in [0.5, 0.6) is 0 Å². The lowest BCUT2D eigenvalue weighted by Gasteiger charge is -2.43. The Morgan fingerprint density at radius 2 is 0.854 bits per heavy atom. The number of hydrogen-bond donors (Lipinski definition) is 0. The Balaban J connectivity index is 1.23. The van der Waals surface area contributed by atoms with Crippen LogP contribution >= 0.6 is 7.92 Å². The van der Waals surface area contributed by atoms with Crippen molar-refractivity contribution in [1.29, 1.82) is 0 Å². The van der Waals surface area contributed by atoms with Gasteiger partial charge in [0.2, 0.25) is 0 Å². The van der Waals surface area contributed by atoms with Crippen molar-refractivity contribution in [1.82, 2.24) is 0 Å². The third kappa shape index (κ3) is 4.20. The fraction of sp³-hybridized carbons (Fsp3) is 0.0667. The van der Waals surface area contributed by atoms with Crippen molar-refractivity contribution in [2.45, 2.75) is 19.3 Å². The summed E-state index contributed by atoms with van der Waals surface area (Å²) in [5.74, 6) is 0. The zero-order chi connectivity index (χ0) is 32.3. The first-order valence-electron chi connectivity index (χ1n) is 16.8. The van der Waals surface area contributed by atoms with Gasteiger partial charge in [0.15, 0.2) is 8.07 Å². The summed E-state index contributed by atoms with van der Waals surface area (Å²) in [6.45, 7) is 4.69. The van der Waals surface area contributed by atoms with E-state index in [-0.39, 0.29) is 5.41 Å². The van der Waals surface area contributed by atoms with E-state index in [0.717, 1.165) is 0 Å². The lowest BCUT2D eigenvalue weighted by atomic mass is 9.73. The van der Waals surface area contributed by atoms with E-state index in [0.29, 0.717) is 0 Å². The van der Waals surface area contributed by atoms with E-state index in [1.165, 1.54) is 64.8 Å². The molecule has 7 aromatic rings. The van der Waals surface area contributed by atoms with E-state index in [4.69, 9.17) is 0 Å². The third-order valence-corrected chi connectivity index (χ3v) is 18.4. The van der Waals surface area contributed by atoms with Crippen LogP contribution in [0.1, 0.15) is 25.0 Å². The van der Waals surface area contributed by atoms with Gasteiger partial charge in [-0.3, -0.25) is 0 Å². The van der Waals surface area contributed by atoms with Gasteiger partial charge in [-0.05, 0) is 80.0 Å². The Hall–Kier alpha value is -5.01. The number of rotatable bonds is 4. The van der Waals surface area contributed by atoms with Crippen molar-refractivity contribution in [3.8, 4) is 0 Å². The van der Waals surface area contributed by atoms with Crippen molar-refractivity contribution in [2.75, 3.05) is 4.90 Å². The maximum atomic E-state index is 2.46. The highest BCUT2D eigenvalue weighted by Crippen LogP contribution is 2.51. The molecular formula is C45H36NPSi. The number of fused-ring (bicyclic) bond motifs is 4. The minimum atomic E-state index is -2.57. The van der Waals surface area contributed by atoms with Crippen LogP contribution in [0.3, 0.4) is 0 Å². The van der Waals surface area contributed by atoms with Gasteiger partial charge < -0.3 is 4.90 Å². The largest absolute Gasteiger partial charge is 0.310 e. The molecular weight excluding hydrogens is 614 g/mol. The first kappa shape index (κ1) is 29.2. The van der Waals surface area contributed by atoms with Gasteiger partial charge in [0.1, 0.15) is 0 Å². The molecule has 48 heavy (non-hydrogen) atoms. The average molecular weight is 650 g/mol. The summed E-state index contributed by atoms with van der Waals surface area (Å²) in [5, 5.41) is 10.2. The van der Waals surface area contributed by atoms with E-state index < -0.39 is 16.0 Å². The maximum absolute atomic E-state index is 2.57. The third-order valence-electron chi connectivity index (χ3n) is 10.5. The fourth-order valence-electron chi connectivity index (χ4n) is 8.39. The summed E-state index contributed by atoms with van der Waals surface area (Å²) in [6, 6.07) is 68.6. The summed E-state index contributed by atoms with van der Waals surface area (Å²) in [7, 11) is -3.35. The molecule has 0 N–H and O–H groups in total. The number of para-hydroxylation sites is 2. The lowest BCUT2D eigenvalue weighted by molar-refractivity contribution is 0.632. The minimum absolute atomic E-state index is 0.0731. The van der Waals surface area contributed by atoms with Crippen LogP contribution in [0, 0.1) is 0 Å². The molecule has 0 aliphatic carbocycles. The van der Waals surface area contributed by atoms with Crippen LogP contribution in [0.15, 0.2) is 182 Å². The highest BCUT2D eigenvalue weighted by Gasteiger charge is 2.49. The Labute approximate surface area is 285 Å². The molecule has 0 bridgehead atoms.